The molecule has 1 unspecified atom stereocenters. The smallest absolute Gasteiger partial charge is 0.268 e. The van der Waals surface area contributed by atoms with Crippen molar-refractivity contribution in [1.29, 1.82) is 0 Å². The van der Waals surface area contributed by atoms with Gasteiger partial charge in [0.05, 0.1) is 6.04 Å². The summed E-state index contributed by atoms with van der Waals surface area (Å²) in [6.45, 7) is 7.60. The Bertz CT molecular complexity index is 1010. The van der Waals surface area contributed by atoms with Crippen molar-refractivity contribution in [3.05, 3.63) is 70.4 Å². The largest absolute Gasteiger partial charge is 0.349 e. The summed E-state index contributed by atoms with van der Waals surface area (Å²) in [4.78, 5) is 15.8. The van der Waals surface area contributed by atoms with Gasteiger partial charge in [0.2, 0.25) is 0 Å². The number of nitrogens with zero attached hydrogens (tertiary/aromatic N) is 2. The second-order valence-electron chi connectivity index (χ2n) is 7.76. The second kappa shape index (κ2) is 8.60. The first-order valence-corrected chi connectivity index (χ1v) is 10.8. The van der Waals surface area contributed by atoms with Crippen molar-refractivity contribution in [3.63, 3.8) is 0 Å². The van der Waals surface area contributed by atoms with Gasteiger partial charge >= 0.3 is 0 Å². The van der Waals surface area contributed by atoms with Crippen LogP contribution in [0.2, 0.25) is 5.02 Å². The van der Waals surface area contributed by atoms with Gasteiger partial charge in [-0.05, 0) is 69.1 Å². The van der Waals surface area contributed by atoms with Gasteiger partial charge in [0.25, 0.3) is 5.91 Å². The summed E-state index contributed by atoms with van der Waals surface area (Å²) in [6.07, 6.45) is 2.45. The van der Waals surface area contributed by atoms with E-state index in [1.807, 2.05) is 31.2 Å². The van der Waals surface area contributed by atoms with E-state index in [0.29, 0.717) is 11.6 Å². The number of carbonyl (C=O) groups excluding carboxylic acids is 1. The number of fused-ring (bicyclic) bond motifs is 1. The monoisotopic (exact) mass is 409 g/mol. The van der Waals surface area contributed by atoms with E-state index in [0.717, 1.165) is 41.8 Å². The van der Waals surface area contributed by atoms with E-state index >= 15 is 0 Å². The fraction of sp³-hybridized carbons (Fsp3) is 0.375. The van der Waals surface area contributed by atoms with Crippen molar-refractivity contribution >= 4 is 28.4 Å². The van der Waals surface area contributed by atoms with Gasteiger partial charge in [-0.25, -0.2) is 0 Å². The van der Waals surface area contributed by atoms with Crippen LogP contribution < -0.4 is 5.32 Å². The van der Waals surface area contributed by atoms with Crippen LogP contribution in [0.5, 0.6) is 0 Å². The lowest BCUT2D eigenvalue weighted by Crippen LogP contribution is -2.37. The van der Waals surface area contributed by atoms with Gasteiger partial charge in [0.1, 0.15) is 5.69 Å². The minimum absolute atomic E-state index is 0.0169. The predicted molar refractivity (Wildman–Crippen MR) is 120 cm³/mol. The molecule has 152 valence electrons. The van der Waals surface area contributed by atoms with Crippen LogP contribution in [-0.4, -0.2) is 35.0 Å². The van der Waals surface area contributed by atoms with Crippen LogP contribution in [-0.2, 0) is 6.54 Å². The lowest BCUT2D eigenvalue weighted by atomic mass is 10.1. The Balaban J connectivity index is 1.61. The lowest BCUT2D eigenvalue weighted by molar-refractivity contribution is 0.0928. The fourth-order valence-corrected chi connectivity index (χ4v) is 4.75. The third-order valence-corrected chi connectivity index (χ3v) is 6.27. The van der Waals surface area contributed by atoms with Gasteiger partial charge in [0, 0.05) is 29.0 Å². The number of aryl methyl sites for hydroxylation is 2. The van der Waals surface area contributed by atoms with Gasteiger partial charge in [-0.2, -0.15) is 0 Å². The summed E-state index contributed by atoms with van der Waals surface area (Å²) in [6, 6.07) is 16.5. The van der Waals surface area contributed by atoms with E-state index in [9.17, 15) is 4.79 Å². The highest BCUT2D eigenvalue weighted by Crippen LogP contribution is 2.29. The molecule has 1 aliphatic rings. The first-order chi connectivity index (χ1) is 14.1. The number of benzene rings is 2. The van der Waals surface area contributed by atoms with Crippen molar-refractivity contribution in [2.24, 2.45) is 0 Å². The van der Waals surface area contributed by atoms with E-state index in [4.69, 9.17) is 11.6 Å². The molecule has 0 spiro atoms. The molecular weight excluding hydrogens is 382 g/mol. The molecule has 0 saturated carbocycles. The average molecular weight is 410 g/mol. The maximum atomic E-state index is 13.3. The fourth-order valence-electron chi connectivity index (χ4n) is 4.58. The minimum Gasteiger partial charge on any atom is -0.349 e. The first kappa shape index (κ1) is 20.0. The zero-order chi connectivity index (χ0) is 20.4. The Labute approximate surface area is 177 Å². The number of rotatable bonds is 6. The first-order valence-electron chi connectivity index (χ1n) is 10.5. The molecule has 4 nitrogen and oxygen atoms in total. The normalized spacial score (nSPS) is 15.7. The average Bonchev–Trinajstić information content (AvgIpc) is 3.35. The molecule has 0 radical (unpaired) electrons. The van der Waals surface area contributed by atoms with E-state index < -0.39 is 0 Å². The van der Waals surface area contributed by atoms with Crippen LogP contribution in [0.15, 0.2) is 48.5 Å². The van der Waals surface area contributed by atoms with Crippen molar-refractivity contribution in [1.82, 2.24) is 14.8 Å². The molecule has 1 fully saturated rings. The van der Waals surface area contributed by atoms with Gasteiger partial charge in [-0.1, -0.05) is 41.9 Å². The minimum atomic E-state index is -0.0169. The van der Waals surface area contributed by atoms with Crippen LogP contribution in [0.1, 0.15) is 47.4 Å². The van der Waals surface area contributed by atoms with Crippen molar-refractivity contribution in [2.45, 2.75) is 39.3 Å². The molecular formula is C24H28ClN3O. The number of amides is 1. The Hall–Kier alpha value is -2.30. The van der Waals surface area contributed by atoms with Crippen molar-refractivity contribution < 1.29 is 4.79 Å². The number of nitrogens with one attached hydrogen (secondary N) is 1. The molecule has 1 aromatic heterocycles. The Morgan fingerprint density at radius 1 is 1.14 bits per heavy atom. The third-order valence-electron chi connectivity index (χ3n) is 6.03. The van der Waals surface area contributed by atoms with E-state index in [2.05, 4.69) is 46.0 Å². The van der Waals surface area contributed by atoms with Crippen LogP contribution in [0.25, 0.3) is 10.9 Å². The molecule has 2 aromatic carbocycles. The van der Waals surface area contributed by atoms with E-state index in [-0.39, 0.29) is 11.9 Å². The summed E-state index contributed by atoms with van der Waals surface area (Å²) in [5, 5.41) is 4.97. The van der Waals surface area contributed by atoms with Gasteiger partial charge < -0.3 is 9.88 Å². The highest BCUT2D eigenvalue weighted by molar-refractivity contribution is 6.31. The SMILES string of the molecule is CCn1c(C(=O)NCC(c2ccccc2)N2CCCC2)c(C)c2cc(Cl)ccc21. The molecule has 1 N–H and O–H groups in total. The predicted octanol–water partition coefficient (Wildman–Crippen LogP) is 5.19. The quantitative estimate of drug-likeness (QED) is 0.608. The summed E-state index contributed by atoms with van der Waals surface area (Å²) in [5.74, 6) is -0.0169. The van der Waals surface area contributed by atoms with E-state index in [1.54, 1.807) is 0 Å². The lowest BCUT2D eigenvalue weighted by Gasteiger charge is -2.28. The number of halogens is 1. The standard InChI is InChI=1S/C24H28ClN3O/c1-3-28-21-12-11-19(25)15-20(21)17(2)23(28)24(29)26-16-22(27-13-7-8-14-27)18-9-5-4-6-10-18/h4-6,9-12,15,22H,3,7-8,13-14,16H2,1-2H3,(H,26,29). The maximum Gasteiger partial charge on any atom is 0.268 e. The highest BCUT2D eigenvalue weighted by Gasteiger charge is 2.25. The van der Waals surface area contributed by atoms with Crippen LogP contribution in [0.4, 0.5) is 0 Å². The molecule has 2 heterocycles. The number of carbonyl (C=O) groups is 1. The number of likely N-dealkylation sites (tertiary alicyclic amines) is 1. The Kier molecular flexibility index (Phi) is 5.93. The molecule has 4 rings (SSSR count). The van der Waals surface area contributed by atoms with Crippen molar-refractivity contribution in [2.75, 3.05) is 19.6 Å². The van der Waals surface area contributed by atoms with Gasteiger partial charge in [0.15, 0.2) is 0 Å². The molecule has 0 bridgehead atoms. The molecule has 1 aliphatic heterocycles. The maximum absolute atomic E-state index is 13.3. The van der Waals surface area contributed by atoms with Crippen molar-refractivity contribution in [3.8, 4) is 0 Å². The molecule has 1 saturated heterocycles. The molecule has 0 aliphatic carbocycles. The number of aromatic nitrogens is 1. The molecule has 29 heavy (non-hydrogen) atoms. The topological polar surface area (TPSA) is 37.3 Å². The second-order valence-corrected chi connectivity index (χ2v) is 8.20. The molecule has 5 heteroatoms. The van der Waals surface area contributed by atoms with Crippen LogP contribution in [0, 0.1) is 6.92 Å². The number of hydrogen-bond donors (Lipinski definition) is 1. The molecule has 1 atom stereocenters. The number of hydrogen-bond acceptors (Lipinski definition) is 2. The Morgan fingerprint density at radius 2 is 1.86 bits per heavy atom. The summed E-state index contributed by atoms with van der Waals surface area (Å²) in [7, 11) is 0. The summed E-state index contributed by atoms with van der Waals surface area (Å²) >= 11 is 6.20. The van der Waals surface area contributed by atoms with Crippen LogP contribution in [0.3, 0.4) is 0 Å². The summed E-state index contributed by atoms with van der Waals surface area (Å²) < 4.78 is 2.09. The zero-order valence-corrected chi connectivity index (χ0v) is 17.9. The summed E-state index contributed by atoms with van der Waals surface area (Å²) in [5.41, 5.74) is 4.03. The highest BCUT2D eigenvalue weighted by atomic mass is 35.5. The van der Waals surface area contributed by atoms with E-state index in [1.165, 1.54) is 18.4 Å². The van der Waals surface area contributed by atoms with Gasteiger partial charge in [-0.15, -0.1) is 0 Å². The third kappa shape index (κ3) is 3.92. The molecule has 3 aromatic rings. The zero-order valence-electron chi connectivity index (χ0n) is 17.1. The van der Waals surface area contributed by atoms with Crippen LogP contribution >= 0.6 is 11.6 Å². The Morgan fingerprint density at radius 3 is 2.55 bits per heavy atom. The van der Waals surface area contributed by atoms with Gasteiger partial charge in [-0.3, -0.25) is 9.69 Å². The molecule has 1 amide bonds.